The van der Waals surface area contributed by atoms with Crippen LogP contribution in [0.25, 0.3) is 0 Å². The Morgan fingerprint density at radius 1 is 1.23 bits per heavy atom. The maximum absolute atomic E-state index is 13.2. The minimum Gasteiger partial charge on any atom is -0.495 e. The van der Waals surface area contributed by atoms with Crippen molar-refractivity contribution in [1.82, 2.24) is 0 Å². The SMILES string of the molecule is COc1cc(OC)c(NC(=O)CN2C(=O)C3CCCC3=Nc3ccccc32)cc1Cl. The number of benzene rings is 2. The Kier molecular flexibility index (Phi) is 5.63. The standard InChI is InChI=1S/C22H22ClN3O4/c1-29-19-11-20(30-2)17(10-14(19)23)25-21(27)12-26-18-9-4-3-7-16(18)24-15-8-5-6-13(15)22(26)28/h3-4,7,9-11,13H,5-6,8,12H2,1-2H3,(H,25,27). The van der Waals surface area contributed by atoms with Gasteiger partial charge >= 0.3 is 0 Å². The quantitative estimate of drug-likeness (QED) is 0.774. The Morgan fingerprint density at radius 3 is 2.77 bits per heavy atom. The van der Waals surface area contributed by atoms with Crippen molar-refractivity contribution < 1.29 is 19.1 Å². The number of amides is 2. The van der Waals surface area contributed by atoms with Gasteiger partial charge in [-0.05, 0) is 37.5 Å². The zero-order valence-electron chi connectivity index (χ0n) is 16.8. The zero-order valence-corrected chi connectivity index (χ0v) is 17.5. The summed E-state index contributed by atoms with van der Waals surface area (Å²) in [4.78, 5) is 32.4. The molecule has 2 amide bonds. The van der Waals surface area contributed by atoms with E-state index in [0.717, 1.165) is 25.0 Å². The third kappa shape index (κ3) is 3.73. The molecule has 1 unspecified atom stereocenters. The van der Waals surface area contributed by atoms with Crippen LogP contribution in [-0.4, -0.2) is 38.3 Å². The number of methoxy groups -OCH3 is 2. The van der Waals surface area contributed by atoms with Crippen LogP contribution in [0.4, 0.5) is 17.1 Å². The first-order valence-electron chi connectivity index (χ1n) is 9.71. The highest BCUT2D eigenvalue weighted by Crippen LogP contribution is 2.38. The molecule has 156 valence electrons. The van der Waals surface area contributed by atoms with Crippen molar-refractivity contribution in [2.75, 3.05) is 31.0 Å². The molecular weight excluding hydrogens is 406 g/mol. The van der Waals surface area contributed by atoms with Crippen molar-refractivity contribution in [3.63, 3.8) is 0 Å². The number of halogens is 1. The van der Waals surface area contributed by atoms with E-state index in [0.29, 0.717) is 33.6 Å². The van der Waals surface area contributed by atoms with Gasteiger partial charge < -0.3 is 19.7 Å². The van der Waals surface area contributed by atoms with Crippen molar-refractivity contribution in [3.05, 3.63) is 41.4 Å². The van der Waals surface area contributed by atoms with E-state index in [4.69, 9.17) is 26.1 Å². The largest absolute Gasteiger partial charge is 0.495 e. The third-order valence-electron chi connectivity index (χ3n) is 5.38. The first kappa shape index (κ1) is 20.2. The van der Waals surface area contributed by atoms with Crippen LogP contribution in [0.1, 0.15) is 19.3 Å². The highest BCUT2D eigenvalue weighted by Gasteiger charge is 2.37. The van der Waals surface area contributed by atoms with E-state index >= 15 is 0 Å². The molecule has 1 fully saturated rings. The van der Waals surface area contributed by atoms with Crippen molar-refractivity contribution in [3.8, 4) is 11.5 Å². The fourth-order valence-electron chi connectivity index (χ4n) is 3.93. The summed E-state index contributed by atoms with van der Waals surface area (Å²) < 4.78 is 10.5. The minimum absolute atomic E-state index is 0.0916. The van der Waals surface area contributed by atoms with E-state index in [1.54, 1.807) is 12.1 Å². The predicted molar refractivity (Wildman–Crippen MR) is 116 cm³/mol. The number of fused-ring (bicyclic) bond motifs is 2. The molecule has 0 bridgehead atoms. The molecule has 4 rings (SSSR count). The lowest BCUT2D eigenvalue weighted by molar-refractivity contribution is -0.123. The third-order valence-corrected chi connectivity index (χ3v) is 5.67. The molecular formula is C22H22ClN3O4. The molecule has 7 nitrogen and oxygen atoms in total. The average molecular weight is 428 g/mol. The van der Waals surface area contributed by atoms with Crippen molar-refractivity contribution >= 4 is 46.2 Å². The van der Waals surface area contributed by atoms with Crippen LogP contribution in [0.15, 0.2) is 41.4 Å². The second-order valence-corrected chi connectivity index (χ2v) is 7.60. The number of ether oxygens (including phenoxy) is 2. The number of carbonyl (C=O) groups is 2. The molecule has 2 aromatic carbocycles. The number of hydrogen-bond acceptors (Lipinski definition) is 5. The maximum Gasteiger partial charge on any atom is 0.244 e. The van der Waals surface area contributed by atoms with Gasteiger partial charge in [0.05, 0.1) is 42.2 Å². The molecule has 1 heterocycles. The average Bonchev–Trinajstić information content (AvgIpc) is 3.16. The number of carbonyl (C=O) groups excluding carboxylic acids is 2. The van der Waals surface area contributed by atoms with Crippen LogP contribution in [0, 0.1) is 5.92 Å². The number of anilines is 2. The number of para-hydroxylation sites is 2. The van der Waals surface area contributed by atoms with E-state index in [2.05, 4.69) is 5.32 Å². The smallest absolute Gasteiger partial charge is 0.244 e. The Bertz CT molecular complexity index is 1040. The number of aliphatic imine (C=N–C) groups is 1. The second-order valence-electron chi connectivity index (χ2n) is 7.20. The van der Waals surface area contributed by atoms with Crippen molar-refractivity contribution in [2.24, 2.45) is 10.9 Å². The van der Waals surface area contributed by atoms with Crippen LogP contribution >= 0.6 is 11.6 Å². The highest BCUT2D eigenvalue weighted by atomic mass is 35.5. The molecule has 1 atom stereocenters. The summed E-state index contributed by atoms with van der Waals surface area (Å²) in [6.45, 7) is -0.137. The zero-order chi connectivity index (χ0) is 21.3. The van der Waals surface area contributed by atoms with Gasteiger partial charge in [-0.15, -0.1) is 0 Å². The molecule has 1 N–H and O–H groups in total. The number of nitrogens with one attached hydrogen (secondary N) is 1. The fourth-order valence-corrected chi connectivity index (χ4v) is 4.17. The molecule has 0 aromatic heterocycles. The van der Waals surface area contributed by atoms with E-state index in [1.165, 1.54) is 19.1 Å². The highest BCUT2D eigenvalue weighted by molar-refractivity contribution is 6.32. The second kappa shape index (κ2) is 8.36. The summed E-state index contributed by atoms with van der Waals surface area (Å²) in [5, 5.41) is 3.14. The normalized spacial score (nSPS) is 17.6. The molecule has 1 aliphatic carbocycles. The van der Waals surface area contributed by atoms with Crippen LogP contribution < -0.4 is 19.7 Å². The first-order chi connectivity index (χ1) is 14.5. The predicted octanol–water partition coefficient (Wildman–Crippen LogP) is 4.22. The minimum atomic E-state index is -0.362. The maximum atomic E-state index is 13.2. The molecule has 2 aliphatic rings. The lowest BCUT2D eigenvalue weighted by Crippen LogP contribution is -2.41. The Hall–Kier alpha value is -3.06. The topological polar surface area (TPSA) is 80.2 Å². The molecule has 0 saturated heterocycles. The van der Waals surface area contributed by atoms with E-state index in [9.17, 15) is 9.59 Å². The van der Waals surface area contributed by atoms with E-state index < -0.39 is 0 Å². The molecule has 8 heteroatoms. The van der Waals surface area contributed by atoms with Gasteiger partial charge in [-0.25, -0.2) is 0 Å². The van der Waals surface area contributed by atoms with E-state index in [1.807, 2.05) is 24.3 Å². The summed E-state index contributed by atoms with van der Waals surface area (Å²) >= 11 is 6.19. The summed E-state index contributed by atoms with van der Waals surface area (Å²) in [6.07, 6.45) is 2.50. The van der Waals surface area contributed by atoms with Gasteiger partial charge in [-0.1, -0.05) is 23.7 Å². The lowest BCUT2D eigenvalue weighted by atomic mass is 10.1. The van der Waals surface area contributed by atoms with Gasteiger partial charge in [0.25, 0.3) is 0 Å². The number of hydrogen-bond donors (Lipinski definition) is 1. The number of nitrogens with zero attached hydrogens (tertiary/aromatic N) is 2. The molecule has 2 aromatic rings. The van der Waals surface area contributed by atoms with Gasteiger partial charge in [-0.3, -0.25) is 14.6 Å². The Morgan fingerprint density at radius 2 is 2.00 bits per heavy atom. The monoisotopic (exact) mass is 427 g/mol. The Balaban J connectivity index is 1.60. The fraction of sp³-hybridized carbons (Fsp3) is 0.318. The summed E-state index contributed by atoms with van der Waals surface area (Å²) in [5.74, 6) is 0.128. The molecule has 0 spiro atoms. The van der Waals surface area contributed by atoms with Crippen LogP contribution in [0.5, 0.6) is 11.5 Å². The van der Waals surface area contributed by atoms with Gasteiger partial charge in [0.1, 0.15) is 18.0 Å². The van der Waals surface area contributed by atoms with Crippen LogP contribution in [0.2, 0.25) is 5.02 Å². The number of rotatable bonds is 5. The van der Waals surface area contributed by atoms with Crippen LogP contribution in [0.3, 0.4) is 0 Å². The Labute approximate surface area is 179 Å². The lowest BCUT2D eigenvalue weighted by Gasteiger charge is -2.24. The first-order valence-corrected chi connectivity index (χ1v) is 10.1. The van der Waals surface area contributed by atoms with Gasteiger partial charge in [0.15, 0.2) is 0 Å². The summed E-state index contributed by atoms with van der Waals surface area (Å²) in [6, 6.07) is 10.6. The van der Waals surface area contributed by atoms with Gasteiger partial charge in [0.2, 0.25) is 11.8 Å². The van der Waals surface area contributed by atoms with Gasteiger partial charge in [0, 0.05) is 11.8 Å². The molecule has 1 saturated carbocycles. The molecule has 30 heavy (non-hydrogen) atoms. The molecule has 1 aliphatic heterocycles. The van der Waals surface area contributed by atoms with E-state index in [-0.39, 0.29) is 24.3 Å². The summed E-state index contributed by atoms with van der Waals surface area (Å²) in [7, 11) is 2.99. The molecule has 0 radical (unpaired) electrons. The van der Waals surface area contributed by atoms with Gasteiger partial charge in [-0.2, -0.15) is 0 Å². The van der Waals surface area contributed by atoms with Crippen molar-refractivity contribution in [1.29, 1.82) is 0 Å². The summed E-state index contributed by atoms with van der Waals surface area (Å²) in [5.41, 5.74) is 2.66. The van der Waals surface area contributed by atoms with Crippen molar-refractivity contribution in [2.45, 2.75) is 19.3 Å². The van der Waals surface area contributed by atoms with Crippen LogP contribution in [-0.2, 0) is 9.59 Å².